The van der Waals surface area contributed by atoms with E-state index >= 15 is 0 Å². The largest absolute Gasteiger partial charge is 0.496 e. The van der Waals surface area contributed by atoms with Crippen LogP contribution in [0.4, 0.5) is 17.1 Å². The molecule has 0 radical (unpaired) electrons. The highest BCUT2D eigenvalue weighted by Gasteiger charge is 2.42. The molecule has 2 atom stereocenters. The van der Waals surface area contributed by atoms with Crippen molar-refractivity contribution < 1.29 is 22.8 Å². The minimum atomic E-state index is -3.61. The summed E-state index contributed by atoms with van der Waals surface area (Å²) < 4.78 is 39.3. The maximum Gasteiger partial charge on any atom is 0.296 e. The Morgan fingerprint density at radius 1 is 1.07 bits per heavy atom. The standard InChI is InChI=1S/C29H30N6O6S2/c1-17-14-21(18(2)33(17)24-11-10-20(40-3)16-25(24)35(36)37)28-27(22-8-6-7-13-30-22)31-29(42)34(28)19-9-12-26(41-4)23(15-19)32-43(5,38)39/h6-16,27-28,32H,1-5H3,(H,31,42)/t27-,28+/m0/s1. The molecule has 3 heterocycles. The summed E-state index contributed by atoms with van der Waals surface area (Å²) in [5.41, 5.74) is 4.27. The molecule has 2 aromatic heterocycles. The van der Waals surface area contributed by atoms with E-state index in [0.29, 0.717) is 28.0 Å². The van der Waals surface area contributed by atoms with E-state index < -0.39 is 27.0 Å². The predicted molar refractivity (Wildman–Crippen MR) is 168 cm³/mol. The summed E-state index contributed by atoms with van der Waals surface area (Å²) in [4.78, 5) is 18.1. The van der Waals surface area contributed by atoms with Crippen LogP contribution in [0.25, 0.3) is 5.69 Å². The molecule has 0 spiro atoms. The van der Waals surface area contributed by atoms with Gasteiger partial charge in [-0.2, -0.15) is 0 Å². The first-order chi connectivity index (χ1) is 20.4. The van der Waals surface area contributed by atoms with Gasteiger partial charge in [0.15, 0.2) is 5.11 Å². The molecule has 224 valence electrons. The van der Waals surface area contributed by atoms with Gasteiger partial charge in [0.2, 0.25) is 10.0 Å². The van der Waals surface area contributed by atoms with Crippen LogP contribution in [0.15, 0.2) is 66.9 Å². The quantitative estimate of drug-likeness (QED) is 0.149. The summed E-state index contributed by atoms with van der Waals surface area (Å²) in [6.07, 6.45) is 2.76. The number of nitro benzene ring substituents is 1. The number of rotatable bonds is 9. The normalized spacial score (nSPS) is 16.6. The van der Waals surface area contributed by atoms with Crippen molar-refractivity contribution in [3.63, 3.8) is 0 Å². The molecule has 4 aromatic rings. The SMILES string of the molecule is COc1ccc(-n2c(C)cc([C@@H]3[C@H](c4ccccn4)NC(=S)N3c3ccc(OC)c(NS(C)(=O)=O)c3)c2C)c([N+](=O)[O-])c1. The zero-order chi connectivity index (χ0) is 31.1. The van der Waals surface area contributed by atoms with Crippen LogP contribution in [0.2, 0.25) is 0 Å². The predicted octanol–water partition coefficient (Wildman–Crippen LogP) is 4.96. The molecule has 0 aliphatic carbocycles. The fourth-order valence-electron chi connectivity index (χ4n) is 5.50. The molecule has 0 amide bonds. The number of sulfonamides is 1. The first-order valence-electron chi connectivity index (χ1n) is 13.1. The van der Waals surface area contributed by atoms with E-state index in [0.717, 1.165) is 28.9 Å². The van der Waals surface area contributed by atoms with Gasteiger partial charge in [-0.25, -0.2) is 8.42 Å². The molecular weight excluding hydrogens is 592 g/mol. The van der Waals surface area contributed by atoms with E-state index in [2.05, 4.69) is 15.0 Å². The van der Waals surface area contributed by atoms with E-state index in [9.17, 15) is 18.5 Å². The molecule has 1 aliphatic rings. The molecule has 43 heavy (non-hydrogen) atoms. The van der Waals surface area contributed by atoms with E-state index in [1.54, 1.807) is 36.5 Å². The molecule has 1 fully saturated rings. The second-order valence-electron chi connectivity index (χ2n) is 10.0. The van der Waals surface area contributed by atoms with Crippen LogP contribution >= 0.6 is 12.2 Å². The van der Waals surface area contributed by atoms with Crippen molar-refractivity contribution in [1.29, 1.82) is 0 Å². The topological polar surface area (TPSA) is 141 Å². The minimum absolute atomic E-state index is 0.0995. The fourth-order valence-corrected chi connectivity index (χ4v) is 6.40. The van der Waals surface area contributed by atoms with Crippen molar-refractivity contribution in [1.82, 2.24) is 14.9 Å². The highest BCUT2D eigenvalue weighted by molar-refractivity contribution is 7.92. The van der Waals surface area contributed by atoms with E-state index in [1.807, 2.05) is 47.6 Å². The number of benzene rings is 2. The first kappa shape index (κ1) is 29.8. The zero-order valence-corrected chi connectivity index (χ0v) is 25.7. The van der Waals surface area contributed by atoms with E-state index in [1.165, 1.54) is 20.3 Å². The van der Waals surface area contributed by atoms with Crippen LogP contribution in [0.5, 0.6) is 11.5 Å². The van der Waals surface area contributed by atoms with Crippen LogP contribution < -0.4 is 24.4 Å². The number of thiocarbonyl (C=S) groups is 1. The third-order valence-corrected chi connectivity index (χ3v) is 8.17. The van der Waals surface area contributed by atoms with Gasteiger partial charge in [-0.05, 0) is 80.2 Å². The molecule has 1 saturated heterocycles. The van der Waals surface area contributed by atoms with Gasteiger partial charge in [-0.15, -0.1) is 0 Å². The van der Waals surface area contributed by atoms with Gasteiger partial charge in [0.25, 0.3) is 5.69 Å². The van der Waals surface area contributed by atoms with Crippen LogP contribution in [-0.2, 0) is 10.0 Å². The zero-order valence-electron chi connectivity index (χ0n) is 24.1. The Bertz CT molecular complexity index is 1830. The Hall–Kier alpha value is -4.69. The lowest BCUT2D eigenvalue weighted by Crippen LogP contribution is -2.29. The number of nitro groups is 1. The molecule has 0 unspecified atom stereocenters. The second-order valence-corrected chi connectivity index (χ2v) is 12.2. The number of aromatic nitrogens is 2. The smallest absolute Gasteiger partial charge is 0.296 e. The molecular formula is C29H30N6O6S2. The van der Waals surface area contributed by atoms with Crippen molar-refractivity contribution >= 4 is 44.4 Å². The molecule has 0 saturated carbocycles. The number of methoxy groups -OCH3 is 2. The molecule has 14 heteroatoms. The summed E-state index contributed by atoms with van der Waals surface area (Å²) in [5, 5.41) is 15.9. The summed E-state index contributed by atoms with van der Waals surface area (Å²) in [6, 6.07) is 16.6. The van der Waals surface area contributed by atoms with Gasteiger partial charge in [0, 0.05) is 23.3 Å². The summed E-state index contributed by atoms with van der Waals surface area (Å²) in [7, 11) is -0.697. The Kier molecular flexibility index (Phi) is 7.99. The summed E-state index contributed by atoms with van der Waals surface area (Å²) in [6.45, 7) is 3.78. The van der Waals surface area contributed by atoms with Gasteiger partial charge in [-0.3, -0.25) is 19.8 Å². The summed E-state index contributed by atoms with van der Waals surface area (Å²) >= 11 is 5.86. The van der Waals surface area contributed by atoms with Crippen molar-refractivity contribution in [3.8, 4) is 17.2 Å². The van der Waals surface area contributed by atoms with Crippen molar-refractivity contribution in [2.24, 2.45) is 0 Å². The number of aryl methyl sites for hydroxylation is 1. The van der Waals surface area contributed by atoms with Crippen molar-refractivity contribution in [2.75, 3.05) is 30.1 Å². The number of nitrogens with one attached hydrogen (secondary N) is 2. The molecule has 2 aromatic carbocycles. The lowest BCUT2D eigenvalue weighted by atomic mass is 9.96. The molecule has 0 bridgehead atoms. The van der Waals surface area contributed by atoms with Gasteiger partial charge in [0.05, 0.1) is 54.9 Å². The average molecular weight is 623 g/mol. The average Bonchev–Trinajstić information content (AvgIpc) is 3.46. The maximum atomic E-state index is 12.1. The van der Waals surface area contributed by atoms with Gasteiger partial charge in [-0.1, -0.05) is 6.07 Å². The maximum absolute atomic E-state index is 12.1. The van der Waals surface area contributed by atoms with Gasteiger partial charge < -0.3 is 24.3 Å². The van der Waals surface area contributed by atoms with Crippen LogP contribution in [0.3, 0.4) is 0 Å². The Balaban J connectivity index is 1.71. The lowest BCUT2D eigenvalue weighted by molar-refractivity contribution is -0.384. The monoisotopic (exact) mass is 622 g/mol. The highest BCUT2D eigenvalue weighted by Crippen LogP contribution is 2.45. The number of nitrogens with zero attached hydrogens (tertiary/aromatic N) is 4. The minimum Gasteiger partial charge on any atom is -0.496 e. The van der Waals surface area contributed by atoms with Crippen LogP contribution in [-0.4, -0.2) is 48.5 Å². The second kappa shape index (κ2) is 11.5. The number of pyridine rings is 1. The van der Waals surface area contributed by atoms with Crippen LogP contribution in [0, 0.1) is 24.0 Å². The Labute approximate surface area is 254 Å². The lowest BCUT2D eigenvalue weighted by Gasteiger charge is -2.29. The number of hydrogen-bond donors (Lipinski definition) is 2. The first-order valence-corrected chi connectivity index (χ1v) is 15.4. The molecule has 12 nitrogen and oxygen atoms in total. The third-order valence-electron chi connectivity index (χ3n) is 7.26. The summed E-state index contributed by atoms with van der Waals surface area (Å²) in [5.74, 6) is 0.720. The number of hydrogen-bond acceptors (Lipinski definition) is 8. The molecule has 5 rings (SSSR count). The van der Waals surface area contributed by atoms with Crippen molar-refractivity contribution in [2.45, 2.75) is 25.9 Å². The number of anilines is 2. The van der Waals surface area contributed by atoms with Crippen molar-refractivity contribution in [3.05, 3.63) is 99.6 Å². The van der Waals surface area contributed by atoms with E-state index in [-0.39, 0.29) is 11.4 Å². The Morgan fingerprint density at radius 2 is 1.84 bits per heavy atom. The number of ether oxygens (including phenoxy) is 2. The molecule has 2 N–H and O–H groups in total. The van der Waals surface area contributed by atoms with Gasteiger partial charge >= 0.3 is 0 Å². The van der Waals surface area contributed by atoms with E-state index in [4.69, 9.17) is 21.7 Å². The van der Waals surface area contributed by atoms with Gasteiger partial charge in [0.1, 0.15) is 17.2 Å². The highest BCUT2D eigenvalue weighted by atomic mass is 32.2. The Morgan fingerprint density at radius 3 is 2.47 bits per heavy atom. The molecule has 1 aliphatic heterocycles. The third kappa shape index (κ3) is 5.70. The fraction of sp³-hybridized carbons (Fsp3) is 0.241. The van der Waals surface area contributed by atoms with Crippen LogP contribution in [0.1, 0.15) is 34.7 Å².